The zero-order valence-electron chi connectivity index (χ0n) is 9.57. The molecule has 0 aromatic rings. The highest BCUT2D eigenvalue weighted by Crippen LogP contribution is 2.38. The van der Waals surface area contributed by atoms with Gasteiger partial charge in [-0.3, -0.25) is 4.90 Å². The molecule has 0 amide bonds. The van der Waals surface area contributed by atoms with Crippen molar-refractivity contribution in [2.24, 2.45) is 5.92 Å². The predicted molar refractivity (Wildman–Crippen MR) is 60.7 cm³/mol. The molecule has 0 bridgehead atoms. The fourth-order valence-corrected chi connectivity index (χ4v) is 3.04. The molecule has 3 saturated carbocycles. The number of hydrogen-bond acceptors (Lipinski definition) is 2. The number of aliphatic hydroxyl groups is 1. The van der Waals surface area contributed by atoms with Crippen LogP contribution in [0.5, 0.6) is 0 Å². The minimum absolute atomic E-state index is 0.0295. The van der Waals surface area contributed by atoms with Crippen molar-refractivity contribution in [2.75, 3.05) is 6.54 Å². The molecule has 0 spiro atoms. The molecule has 0 aromatic carbocycles. The average molecular weight is 209 g/mol. The van der Waals surface area contributed by atoms with E-state index >= 15 is 0 Å². The fraction of sp³-hybridized carbons (Fsp3) is 1.00. The zero-order chi connectivity index (χ0) is 10.3. The van der Waals surface area contributed by atoms with Gasteiger partial charge in [-0.05, 0) is 44.4 Å². The maximum atomic E-state index is 10.1. The van der Waals surface area contributed by atoms with Gasteiger partial charge in [0.1, 0.15) is 0 Å². The first-order valence-corrected chi connectivity index (χ1v) is 6.78. The third kappa shape index (κ3) is 2.36. The molecule has 2 atom stereocenters. The van der Waals surface area contributed by atoms with E-state index in [2.05, 4.69) is 4.90 Å². The van der Waals surface area contributed by atoms with Crippen LogP contribution in [-0.2, 0) is 0 Å². The molecule has 0 heterocycles. The van der Waals surface area contributed by atoms with Crippen LogP contribution in [0.3, 0.4) is 0 Å². The Hall–Kier alpha value is -0.0800. The first-order valence-electron chi connectivity index (χ1n) is 6.78. The molecule has 0 aromatic heterocycles. The van der Waals surface area contributed by atoms with Crippen molar-refractivity contribution < 1.29 is 5.11 Å². The molecule has 3 aliphatic carbocycles. The molecule has 0 saturated heterocycles. The van der Waals surface area contributed by atoms with Crippen LogP contribution in [0.2, 0.25) is 0 Å². The zero-order valence-corrected chi connectivity index (χ0v) is 9.57. The topological polar surface area (TPSA) is 23.5 Å². The summed E-state index contributed by atoms with van der Waals surface area (Å²) in [4.78, 5) is 2.67. The Labute approximate surface area is 92.7 Å². The van der Waals surface area contributed by atoms with Crippen LogP contribution in [-0.4, -0.2) is 34.7 Å². The van der Waals surface area contributed by atoms with Gasteiger partial charge in [-0.25, -0.2) is 0 Å². The first kappa shape index (κ1) is 10.1. The van der Waals surface area contributed by atoms with Gasteiger partial charge in [0, 0.05) is 18.6 Å². The Morgan fingerprint density at radius 3 is 2.27 bits per heavy atom. The molecule has 0 radical (unpaired) electrons. The number of aliphatic hydroxyl groups excluding tert-OH is 1. The van der Waals surface area contributed by atoms with E-state index in [0.29, 0.717) is 6.04 Å². The lowest BCUT2D eigenvalue weighted by molar-refractivity contribution is 0.0132. The summed E-state index contributed by atoms with van der Waals surface area (Å²) in [5.41, 5.74) is 0. The molecule has 0 aliphatic heterocycles. The summed E-state index contributed by atoms with van der Waals surface area (Å²) in [5.74, 6) is 0.972. The monoisotopic (exact) mass is 209 g/mol. The van der Waals surface area contributed by atoms with Gasteiger partial charge in [-0.15, -0.1) is 0 Å². The molecular formula is C13H23NO. The fourth-order valence-electron chi connectivity index (χ4n) is 3.04. The molecule has 3 fully saturated rings. The predicted octanol–water partition coefficient (Wildman–Crippen LogP) is 2.16. The van der Waals surface area contributed by atoms with Crippen molar-refractivity contribution in [1.29, 1.82) is 0 Å². The van der Waals surface area contributed by atoms with E-state index in [0.717, 1.165) is 18.4 Å². The van der Waals surface area contributed by atoms with E-state index < -0.39 is 0 Å². The summed E-state index contributed by atoms with van der Waals surface area (Å²) < 4.78 is 0. The maximum absolute atomic E-state index is 10.1. The Bertz CT molecular complexity index is 223. The Balaban J connectivity index is 1.63. The van der Waals surface area contributed by atoms with Crippen molar-refractivity contribution in [1.82, 2.24) is 4.90 Å². The molecule has 3 rings (SSSR count). The van der Waals surface area contributed by atoms with Gasteiger partial charge in [0.25, 0.3) is 0 Å². The van der Waals surface area contributed by atoms with Crippen LogP contribution in [0.25, 0.3) is 0 Å². The standard InChI is InChI=1S/C13H23NO/c15-13-4-2-1-3-12(13)14(11-7-8-11)9-10-5-6-10/h10-13,15H,1-9H2/t12-,13-/m0/s1. The summed E-state index contributed by atoms with van der Waals surface area (Å²) >= 11 is 0. The Kier molecular flexibility index (Phi) is 2.73. The Morgan fingerprint density at radius 1 is 0.933 bits per heavy atom. The molecule has 3 aliphatic rings. The lowest BCUT2D eigenvalue weighted by Gasteiger charge is -2.38. The van der Waals surface area contributed by atoms with Crippen LogP contribution < -0.4 is 0 Å². The van der Waals surface area contributed by atoms with Crippen molar-refractivity contribution in [3.63, 3.8) is 0 Å². The summed E-state index contributed by atoms with van der Waals surface area (Å²) in [6.45, 7) is 1.28. The lowest BCUT2D eigenvalue weighted by atomic mass is 9.91. The maximum Gasteiger partial charge on any atom is 0.0695 e. The van der Waals surface area contributed by atoms with E-state index in [1.54, 1.807) is 0 Å². The smallest absolute Gasteiger partial charge is 0.0695 e. The number of hydrogen-bond donors (Lipinski definition) is 1. The normalized spacial score (nSPS) is 37.2. The van der Waals surface area contributed by atoms with Crippen molar-refractivity contribution >= 4 is 0 Å². The van der Waals surface area contributed by atoms with E-state index in [9.17, 15) is 5.11 Å². The van der Waals surface area contributed by atoms with Crippen molar-refractivity contribution in [2.45, 2.75) is 69.6 Å². The molecular weight excluding hydrogens is 186 g/mol. The van der Waals surface area contributed by atoms with Gasteiger partial charge < -0.3 is 5.11 Å². The van der Waals surface area contributed by atoms with Crippen molar-refractivity contribution in [3.8, 4) is 0 Å². The van der Waals surface area contributed by atoms with E-state index in [1.165, 1.54) is 51.5 Å². The second-order valence-electron chi connectivity index (χ2n) is 5.79. The molecule has 0 unspecified atom stereocenters. The molecule has 86 valence electrons. The van der Waals surface area contributed by atoms with E-state index in [1.807, 2.05) is 0 Å². The third-order valence-electron chi connectivity index (χ3n) is 4.30. The van der Waals surface area contributed by atoms with Crippen LogP contribution in [0, 0.1) is 5.92 Å². The molecule has 1 N–H and O–H groups in total. The Morgan fingerprint density at radius 2 is 1.67 bits per heavy atom. The second kappa shape index (κ2) is 4.06. The third-order valence-corrected chi connectivity index (χ3v) is 4.30. The summed E-state index contributed by atoms with van der Waals surface area (Å²) in [5, 5.41) is 10.1. The summed E-state index contributed by atoms with van der Waals surface area (Å²) in [6, 6.07) is 1.34. The van der Waals surface area contributed by atoms with Crippen LogP contribution >= 0.6 is 0 Å². The summed E-state index contributed by atoms with van der Waals surface area (Å²) in [6.07, 6.45) is 10.5. The van der Waals surface area contributed by atoms with Crippen molar-refractivity contribution in [3.05, 3.63) is 0 Å². The van der Waals surface area contributed by atoms with E-state index in [-0.39, 0.29) is 6.10 Å². The SMILES string of the molecule is O[C@H]1CCCC[C@@H]1N(CC1CC1)C1CC1. The largest absolute Gasteiger partial charge is 0.391 e. The van der Waals surface area contributed by atoms with Crippen LogP contribution in [0.4, 0.5) is 0 Å². The molecule has 2 heteroatoms. The quantitative estimate of drug-likeness (QED) is 0.767. The highest BCUT2D eigenvalue weighted by molar-refractivity contribution is 4.95. The highest BCUT2D eigenvalue weighted by Gasteiger charge is 2.40. The highest BCUT2D eigenvalue weighted by atomic mass is 16.3. The second-order valence-corrected chi connectivity index (χ2v) is 5.79. The first-order chi connectivity index (χ1) is 7.34. The van der Waals surface area contributed by atoms with E-state index in [4.69, 9.17) is 0 Å². The minimum atomic E-state index is -0.0295. The lowest BCUT2D eigenvalue weighted by Crippen LogP contribution is -2.47. The molecule has 2 nitrogen and oxygen atoms in total. The van der Waals surface area contributed by atoms with Gasteiger partial charge in [0.2, 0.25) is 0 Å². The summed E-state index contributed by atoms with van der Waals surface area (Å²) in [7, 11) is 0. The number of rotatable bonds is 4. The number of nitrogens with zero attached hydrogens (tertiary/aromatic N) is 1. The van der Waals surface area contributed by atoms with Crippen LogP contribution in [0.1, 0.15) is 51.4 Å². The van der Waals surface area contributed by atoms with Gasteiger partial charge in [-0.2, -0.15) is 0 Å². The molecule has 15 heavy (non-hydrogen) atoms. The van der Waals surface area contributed by atoms with Gasteiger partial charge in [0.15, 0.2) is 0 Å². The average Bonchev–Trinajstić information content (AvgIpc) is 3.10. The van der Waals surface area contributed by atoms with Gasteiger partial charge >= 0.3 is 0 Å². The van der Waals surface area contributed by atoms with Gasteiger partial charge in [0.05, 0.1) is 6.10 Å². The van der Waals surface area contributed by atoms with Gasteiger partial charge in [-0.1, -0.05) is 12.8 Å². The van der Waals surface area contributed by atoms with Crippen LogP contribution in [0.15, 0.2) is 0 Å². The minimum Gasteiger partial charge on any atom is -0.391 e.